The van der Waals surface area contributed by atoms with Gasteiger partial charge in [0.25, 0.3) is 5.91 Å². The predicted octanol–water partition coefficient (Wildman–Crippen LogP) is 3.50. The number of benzene rings is 2. The number of carbonyl (C=O) groups is 1. The third-order valence-electron chi connectivity index (χ3n) is 3.46. The largest absolute Gasteiger partial charge is 0.371 e. The zero-order valence-corrected chi connectivity index (χ0v) is 13.0. The number of hydrogen-bond acceptors (Lipinski definition) is 2. The molecule has 3 nitrogen and oxygen atoms in total. The highest BCUT2D eigenvalue weighted by atomic mass is 16.1. The van der Waals surface area contributed by atoms with E-state index in [-0.39, 0.29) is 5.91 Å². The summed E-state index contributed by atoms with van der Waals surface area (Å²) in [5, 5.41) is 2.92. The number of anilines is 1. The summed E-state index contributed by atoms with van der Waals surface area (Å²) >= 11 is 0. The van der Waals surface area contributed by atoms with Crippen molar-refractivity contribution in [1.82, 2.24) is 5.32 Å². The molecule has 2 aromatic carbocycles. The maximum atomic E-state index is 11.9. The van der Waals surface area contributed by atoms with Gasteiger partial charge in [0.1, 0.15) is 0 Å². The lowest BCUT2D eigenvalue weighted by atomic mass is 10.1. The van der Waals surface area contributed by atoms with Gasteiger partial charge in [-0.15, -0.1) is 0 Å². The molecule has 1 amide bonds. The number of carbonyl (C=O) groups excluding carboxylic acids is 1. The van der Waals surface area contributed by atoms with Crippen LogP contribution in [0.25, 0.3) is 0 Å². The van der Waals surface area contributed by atoms with Crippen LogP contribution in [0.5, 0.6) is 0 Å². The van der Waals surface area contributed by atoms with E-state index in [9.17, 15) is 4.79 Å². The predicted molar refractivity (Wildman–Crippen MR) is 92.2 cm³/mol. The smallest absolute Gasteiger partial charge is 0.251 e. The fraction of sp³-hybridized carbons (Fsp3) is 0.211. The summed E-state index contributed by atoms with van der Waals surface area (Å²) in [7, 11) is 2.04. The fourth-order valence-corrected chi connectivity index (χ4v) is 2.23. The third-order valence-corrected chi connectivity index (χ3v) is 3.46. The maximum Gasteiger partial charge on any atom is 0.251 e. The molecule has 3 heteroatoms. The first-order valence-corrected chi connectivity index (χ1v) is 7.43. The van der Waals surface area contributed by atoms with E-state index in [0.717, 1.165) is 24.2 Å². The van der Waals surface area contributed by atoms with Crippen LogP contribution in [0.4, 0.5) is 5.69 Å². The van der Waals surface area contributed by atoms with Crippen molar-refractivity contribution in [1.29, 1.82) is 0 Å². The van der Waals surface area contributed by atoms with Crippen LogP contribution < -0.4 is 10.2 Å². The Morgan fingerprint density at radius 3 is 2.27 bits per heavy atom. The van der Waals surface area contributed by atoms with E-state index in [1.54, 1.807) is 0 Å². The number of nitrogens with one attached hydrogen (secondary N) is 1. The van der Waals surface area contributed by atoms with Gasteiger partial charge in [0.15, 0.2) is 0 Å². The van der Waals surface area contributed by atoms with Crippen molar-refractivity contribution in [2.75, 3.05) is 25.0 Å². The number of hydrogen-bond donors (Lipinski definition) is 1. The second-order valence-electron chi connectivity index (χ2n) is 5.31. The zero-order chi connectivity index (χ0) is 15.8. The number of nitrogens with zero attached hydrogens (tertiary/aromatic N) is 1. The molecule has 0 saturated carbocycles. The van der Waals surface area contributed by atoms with Gasteiger partial charge in [-0.3, -0.25) is 4.79 Å². The van der Waals surface area contributed by atoms with Crippen LogP contribution in [0.15, 0.2) is 72.8 Å². The van der Waals surface area contributed by atoms with Crippen LogP contribution in [-0.2, 0) is 0 Å². The highest BCUT2D eigenvalue weighted by Crippen LogP contribution is 2.13. The molecule has 0 aromatic heterocycles. The van der Waals surface area contributed by atoms with Crippen LogP contribution >= 0.6 is 0 Å². The van der Waals surface area contributed by atoms with Crippen LogP contribution in [0.1, 0.15) is 16.8 Å². The van der Waals surface area contributed by atoms with Gasteiger partial charge in [0, 0.05) is 31.4 Å². The van der Waals surface area contributed by atoms with Gasteiger partial charge in [-0.1, -0.05) is 48.6 Å². The average molecular weight is 294 g/mol. The highest BCUT2D eigenvalue weighted by molar-refractivity contribution is 5.94. The Kier molecular flexibility index (Phi) is 5.78. The minimum absolute atomic E-state index is 0.0372. The number of rotatable bonds is 7. The van der Waals surface area contributed by atoms with E-state index in [1.165, 1.54) is 0 Å². The Hall–Kier alpha value is -2.55. The summed E-state index contributed by atoms with van der Waals surface area (Å²) in [6.45, 7) is 5.49. The zero-order valence-electron chi connectivity index (χ0n) is 13.0. The Morgan fingerprint density at radius 2 is 1.64 bits per heavy atom. The van der Waals surface area contributed by atoms with E-state index in [4.69, 9.17) is 0 Å². The molecule has 114 valence electrons. The average Bonchev–Trinajstić information content (AvgIpc) is 2.56. The minimum atomic E-state index is -0.0372. The first-order chi connectivity index (χ1) is 10.7. The van der Waals surface area contributed by atoms with Crippen molar-refractivity contribution in [2.24, 2.45) is 0 Å². The lowest BCUT2D eigenvalue weighted by Gasteiger charge is -2.20. The van der Waals surface area contributed by atoms with Gasteiger partial charge in [0.05, 0.1) is 0 Å². The van der Waals surface area contributed by atoms with E-state index < -0.39 is 0 Å². The van der Waals surface area contributed by atoms with Crippen molar-refractivity contribution in [3.63, 3.8) is 0 Å². The second kappa shape index (κ2) is 8.03. The van der Waals surface area contributed by atoms with Crippen LogP contribution in [-0.4, -0.2) is 26.0 Å². The molecular formula is C19H22N2O. The summed E-state index contributed by atoms with van der Waals surface area (Å²) in [5.74, 6) is -0.0372. The van der Waals surface area contributed by atoms with Crippen LogP contribution in [0, 0.1) is 0 Å². The summed E-state index contributed by atoms with van der Waals surface area (Å²) in [6.07, 6.45) is 0.774. The van der Waals surface area contributed by atoms with Crippen molar-refractivity contribution < 1.29 is 4.79 Å². The van der Waals surface area contributed by atoms with E-state index >= 15 is 0 Å². The van der Waals surface area contributed by atoms with Crippen molar-refractivity contribution in [2.45, 2.75) is 6.42 Å². The molecule has 2 rings (SSSR count). The standard InChI is InChI=1S/C19H22N2O/c1-16(15-21(2)18-11-7-4-8-12-18)13-14-20-19(22)17-9-5-3-6-10-17/h3-12H,1,13-15H2,2H3,(H,20,22). The Balaban J connectivity index is 1.73. The molecule has 0 aliphatic carbocycles. The quantitative estimate of drug-likeness (QED) is 0.793. The Bertz CT molecular complexity index is 608. The molecule has 22 heavy (non-hydrogen) atoms. The van der Waals surface area contributed by atoms with Gasteiger partial charge in [-0.25, -0.2) is 0 Å². The van der Waals surface area contributed by atoms with Gasteiger partial charge >= 0.3 is 0 Å². The Morgan fingerprint density at radius 1 is 1.05 bits per heavy atom. The molecule has 0 aliphatic heterocycles. The normalized spacial score (nSPS) is 10.0. The molecular weight excluding hydrogens is 272 g/mol. The summed E-state index contributed by atoms with van der Waals surface area (Å²) < 4.78 is 0. The van der Waals surface area contributed by atoms with Crippen LogP contribution in [0.3, 0.4) is 0 Å². The number of amides is 1. The highest BCUT2D eigenvalue weighted by Gasteiger charge is 2.05. The van der Waals surface area contributed by atoms with Gasteiger partial charge in [-0.2, -0.15) is 0 Å². The number of para-hydroxylation sites is 1. The van der Waals surface area contributed by atoms with Crippen molar-refractivity contribution in [3.8, 4) is 0 Å². The summed E-state index contributed by atoms with van der Waals surface area (Å²) in [4.78, 5) is 14.1. The first-order valence-electron chi connectivity index (χ1n) is 7.43. The molecule has 0 heterocycles. The lowest BCUT2D eigenvalue weighted by molar-refractivity contribution is 0.0954. The molecule has 0 bridgehead atoms. The second-order valence-corrected chi connectivity index (χ2v) is 5.31. The van der Waals surface area contributed by atoms with Crippen molar-refractivity contribution in [3.05, 3.63) is 78.4 Å². The molecule has 0 unspecified atom stereocenters. The molecule has 0 fully saturated rings. The number of likely N-dealkylation sites (N-methyl/N-ethyl adjacent to an activating group) is 1. The molecule has 0 aliphatic rings. The topological polar surface area (TPSA) is 32.3 Å². The maximum absolute atomic E-state index is 11.9. The van der Waals surface area contributed by atoms with Crippen molar-refractivity contribution >= 4 is 11.6 Å². The third kappa shape index (κ3) is 4.77. The minimum Gasteiger partial charge on any atom is -0.371 e. The fourth-order valence-electron chi connectivity index (χ4n) is 2.23. The molecule has 0 saturated heterocycles. The first kappa shape index (κ1) is 15.8. The summed E-state index contributed by atoms with van der Waals surface area (Å²) in [5.41, 5.74) is 2.95. The van der Waals surface area contributed by atoms with Crippen LogP contribution in [0.2, 0.25) is 0 Å². The summed E-state index contributed by atoms with van der Waals surface area (Å²) in [6, 6.07) is 19.5. The monoisotopic (exact) mass is 294 g/mol. The van der Waals surface area contributed by atoms with Gasteiger partial charge < -0.3 is 10.2 Å². The molecule has 0 radical (unpaired) electrons. The molecule has 1 N–H and O–H groups in total. The lowest BCUT2D eigenvalue weighted by Crippen LogP contribution is -2.26. The Labute approximate surface area is 132 Å². The molecule has 0 atom stereocenters. The van der Waals surface area contributed by atoms with Gasteiger partial charge in [0.2, 0.25) is 0 Å². The molecule has 2 aromatic rings. The SMILES string of the molecule is C=C(CCNC(=O)c1ccccc1)CN(C)c1ccccc1. The van der Waals surface area contributed by atoms with E-state index in [1.807, 2.05) is 55.6 Å². The van der Waals surface area contributed by atoms with Gasteiger partial charge in [-0.05, 0) is 30.7 Å². The van der Waals surface area contributed by atoms with E-state index in [0.29, 0.717) is 12.1 Å². The molecule has 0 spiro atoms. The van der Waals surface area contributed by atoms with E-state index in [2.05, 4.69) is 28.9 Å².